The van der Waals surface area contributed by atoms with Gasteiger partial charge in [-0.2, -0.15) is 0 Å². The van der Waals surface area contributed by atoms with Crippen LogP contribution in [0.4, 0.5) is 0 Å². The molecule has 0 saturated carbocycles. The van der Waals surface area contributed by atoms with Gasteiger partial charge in [0.2, 0.25) is 5.91 Å². The van der Waals surface area contributed by atoms with Gasteiger partial charge in [-0.1, -0.05) is 48.5 Å². The van der Waals surface area contributed by atoms with Crippen LogP contribution in [0.3, 0.4) is 0 Å². The fourth-order valence-electron chi connectivity index (χ4n) is 3.83. The van der Waals surface area contributed by atoms with Gasteiger partial charge < -0.3 is 19.5 Å². The number of nitrogens with one attached hydrogen (secondary N) is 2. The molecule has 0 aliphatic carbocycles. The molecule has 0 spiro atoms. The van der Waals surface area contributed by atoms with Crippen LogP contribution in [-0.4, -0.2) is 34.3 Å². The zero-order valence-corrected chi connectivity index (χ0v) is 19.6. The van der Waals surface area contributed by atoms with E-state index in [1.54, 1.807) is 28.4 Å². The summed E-state index contributed by atoms with van der Waals surface area (Å²) in [6.07, 6.45) is 1.60. The third-order valence-electron chi connectivity index (χ3n) is 5.70. The van der Waals surface area contributed by atoms with E-state index >= 15 is 0 Å². The lowest BCUT2D eigenvalue weighted by Crippen LogP contribution is -2.38. The minimum absolute atomic E-state index is 0.0869. The van der Waals surface area contributed by atoms with Gasteiger partial charge in [0.25, 0.3) is 0 Å². The van der Waals surface area contributed by atoms with E-state index in [1.165, 1.54) is 5.56 Å². The van der Waals surface area contributed by atoms with Crippen molar-refractivity contribution < 1.29 is 19.0 Å². The minimum atomic E-state index is -0.495. The highest BCUT2D eigenvalue weighted by Crippen LogP contribution is 2.33. The Morgan fingerprint density at radius 3 is 2.12 bits per heavy atom. The van der Waals surface area contributed by atoms with Crippen LogP contribution in [0.15, 0.2) is 72.8 Å². The van der Waals surface area contributed by atoms with Crippen LogP contribution in [-0.2, 0) is 11.2 Å². The summed E-state index contributed by atoms with van der Waals surface area (Å²) in [7, 11) is 6.56. The van der Waals surface area contributed by atoms with E-state index in [0.29, 0.717) is 11.5 Å². The molecular formula is C27H32N2O4. The van der Waals surface area contributed by atoms with Crippen LogP contribution in [0.1, 0.15) is 35.2 Å². The summed E-state index contributed by atoms with van der Waals surface area (Å²) in [5.41, 5.74) is 3.12. The number of rotatable bonds is 11. The molecule has 174 valence electrons. The maximum absolute atomic E-state index is 12.8. The largest absolute Gasteiger partial charge is 0.497 e. The first-order valence-corrected chi connectivity index (χ1v) is 11.0. The number of benzene rings is 3. The van der Waals surface area contributed by atoms with Crippen LogP contribution in [0, 0.1) is 0 Å². The van der Waals surface area contributed by atoms with Crippen LogP contribution < -0.4 is 24.8 Å². The molecule has 6 nitrogen and oxygen atoms in total. The normalized spacial score (nSPS) is 12.5. The number of carbonyl (C=O) groups is 1. The lowest BCUT2D eigenvalue weighted by atomic mass is 9.96. The Morgan fingerprint density at radius 2 is 1.52 bits per heavy atom. The maximum Gasteiger partial charge on any atom is 0.241 e. The Bertz CT molecular complexity index is 1020. The third-order valence-corrected chi connectivity index (χ3v) is 5.70. The van der Waals surface area contributed by atoms with Crippen molar-refractivity contribution in [3.8, 4) is 17.2 Å². The highest BCUT2D eigenvalue weighted by molar-refractivity contribution is 5.83. The van der Waals surface area contributed by atoms with Gasteiger partial charge in [-0.3, -0.25) is 10.1 Å². The molecule has 2 atom stereocenters. The standard InChI is InChI=1S/C27H32N2O4/c1-28-27(30)26(20-8-6-5-7-9-20)29-23(16-12-19-10-14-22(31-2)15-11-19)21-13-17-24(32-3)25(18-21)33-4/h5-11,13-15,17-18,23,26,29H,12,16H2,1-4H3,(H,28,30)/t23-,26-/m1/s1. The highest BCUT2D eigenvalue weighted by Gasteiger charge is 2.24. The molecular weight excluding hydrogens is 416 g/mol. The summed E-state index contributed by atoms with van der Waals surface area (Å²) in [6.45, 7) is 0. The van der Waals surface area contributed by atoms with E-state index in [9.17, 15) is 4.79 Å². The fourth-order valence-corrected chi connectivity index (χ4v) is 3.83. The van der Waals surface area contributed by atoms with E-state index in [-0.39, 0.29) is 11.9 Å². The fraction of sp³-hybridized carbons (Fsp3) is 0.296. The maximum atomic E-state index is 12.8. The van der Waals surface area contributed by atoms with Gasteiger partial charge in [0, 0.05) is 13.1 Å². The molecule has 3 rings (SSSR count). The number of aryl methyl sites for hydroxylation is 1. The van der Waals surface area contributed by atoms with Gasteiger partial charge in [-0.15, -0.1) is 0 Å². The quantitative estimate of drug-likeness (QED) is 0.453. The van der Waals surface area contributed by atoms with Crippen molar-refractivity contribution in [2.45, 2.75) is 24.9 Å². The molecule has 1 amide bonds. The van der Waals surface area contributed by atoms with Crippen molar-refractivity contribution in [1.29, 1.82) is 0 Å². The first kappa shape index (κ1) is 24.1. The molecule has 0 aliphatic rings. The van der Waals surface area contributed by atoms with E-state index < -0.39 is 6.04 Å². The number of carbonyl (C=O) groups excluding carboxylic acids is 1. The van der Waals surface area contributed by atoms with E-state index in [2.05, 4.69) is 22.8 Å². The number of amides is 1. The van der Waals surface area contributed by atoms with Crippen LogP contribution >= 0.6 is 0 Å². The summed E-state index contributed by atoms with van der Waals surface area (Å²) in [5.74, 6) is 2.07. The molecule has 0 radical (unpaired) electrons. The van der Waals surface area contributed by atoms with Crippen molar-refractivity contribution in [2.24, 2.45) is 0 Å². The smallest absolute Gasteiger partial charge is 0.241 e. The van der Waals surface area contributed by atoms with E-state index in [1.807, 2.05) is 60.7 Å². The minimum Gasteiger partial charge on any atom is -0.497 e. The summed E-state index contributed by atoms with van der Waals surface area (Å²) < 4.78 is 16.2. The SMILES string of the molecule is CNC(=O)[C@H](N[C@H](CCc1ccc(OC)cc1)c1ccc(OC)c(OC)c1)c1ccccc1. The summed E-state index contributed by atoms with van der Waals surface area (Å²) in [4.78, 5) is 12.8. The Kier molecular flexibility index (Phi) is 8.72. The lowest BCUT2D eigenvalue weighted by Gasteiger charge is -2.26. The predicted molar refractivity (Wildman–Crippen MR) is 130 cm³/mol. The van der Waals surface area contributed by atoms with E-state index in [0.717, 1.165) is 29.7 Å². The Morgan fingerprint density at radius 1 is 0.818 bits per heavy atom. The van der Waals surface area contributed by atoms with Gasteiger partial charge in [0.15, 0.2) is 11.5 Å². The Hall–Kier alpha value is -3.51. The number of likely N-dealkylation sites (N-methyl/N-ethyl adjacent to an activating group) is 1. The van der Waals surface area contributed by atoms with Gasteiger partial charge in [0.1, 0.15) is 11.8 Å². The van der Waals surface area contributed by atoms with Crippen molar-refractivity contribution in [2.75, 3.05) is 28.4 Å². The molecule has 0 fully saturated rings. The molecule has 0 saturated heterocycles. The van der Waals surface area contributed by atoms with E-state index in [4.69, 9.17) is 14.2 Å². The van der Waals surface area contributed by atoms with Gasteiger partial charge in [-0.25, -0.2) is 0 Å². The van der Waals surface area contributed by atoms with Gasteiger partial charge >= 0.3 is 0 Å². The first-order chi connectivity index (χ1) is 16.1. The number of hydrogen-bond donors (Lipinski definition) is 2. The second kappa shape index (κ2) is 11.9. The molecule has 0 unspecified atom stereocenters. The Labute approximate surface area is 195 Å². The molecule has 2 N–H and O–H groups in total. The van der Waals surface area contributed by atoms with Crippen LogP contribution in [0.2, 0.25) is 0 Å². The van der Waals surface area contributed by atoms with Crippen molar-refractivity contribution in [3.05, 3.63) is 89.5 Å². The first-order valence-electron chi connectivity index (χ1n) is 11.0. The number of ether oxygens (including phenoxy) is 3. The second-order valence-electron chi connectivity index (χ2n) is 7.68. The topological polar surface area (TPSA) is 68.8 Å². The lowest BCUT2D eigenvalue weighted by molar-refractivity contribution is -0.123. The van der Waals surface area contributed by atoms with Crippen molar-refractivity contribution in [3.63, 3.8) is 0 Å². The van der Waals surface area contributed by atoms with Gasteiger partial charge in [0.05, 0.1) is 21.3 Å². The predicted octanol–water partition coefficient (Wildman–Crippen LogP) is 4.46. The number of methoxy groups -OCH3 is 3. The molecule has 0 aliphatic heterocycles. The molecule has 0 bridgehead atoms. The average molecular weight is 449 g/mol. The van der Waals surface area contributed by atoms with Crippen LogP contribution in [0.5, 0.6) is 17.2 Å². The molecule has 6 heteroatoms. The summed E-state index contributed by atoms with van der Waals surface area (Å²) in [5, 5.41) is 6.37. The average Bonchev–Trinajstić information content (AvgIpc) is 2.88. The summed E-state index contributed by atoms with van der Waals surface area (Å²) >= 11 is 0. The third kappa shape index (κ3) is 6.26. The zero-order chi connectivity index (χ0) is 23.6. The molecule has 33 heavy (non-hydrogen) atoms. The zero-order valence-electron chi connectivity index (χ0n) is 19.6. The molecule has 3 aromatic rings. The summed E-state index contributed by atoms with van der Waals surface area (Å²) in [6, 6.07) is 23.1. The Balaban J connectivity index is 1.91. The second-order valence-corrected chi connectivity index (χ2v) is 7.68. The monoisotopic (exact) mass is 448 g/mol. The highest BCUT2D eigenvalue weighted by atomic mass is 16.5. The van der Waals surface area contributed by atoms with Gasteiger partial charge in [-0.05, 0) is 53.8 Å². The number of hydrogen-bond acceptors (Lipinski definition) is 5. The van der Waals surface area contributed by atoms with Crippen LogP contribution in [0.25, 0.3) is 0 Å². The van der Waals surface area contributed by atoms with Crippen molar-refractivity contribution >= 4 is 5.91 Å². The molecule has 0 aromatic heterocycles. The van der Waals surface area contributed by atoms with Crippen molar-refractivity contribution in [1.82, 2.24) is 10.6 Å². The molecule has 0 heterocycles. The molecule has 3 aromatic carbocycles.